The summed E-state index contributed by atoms with van der Waals surface area (Å²) >= 11 is 1.79. The number of methoxy groups -OCH3 is 1. The molecule has 1 aromatic heterocycles. The van der Waals surface area contributed by atoms with Crippen LogP contribution in [0.2, 0.25) is 0 Å². The number of nitrogens with zero attached hydrogens (tertiary/aromatic N) is 1. The van der Waals surface area contributed by atoms with Gasteiger partial charge in [0.15, 0.2) is 6.54 Å². The van der Waals surface area contributed by atoms with E-state index in [2.05, 4.69) is 49.7 Å². The summed E-state index contributed by atoms with van der Waals surface area (Å²) in [7, 11) is 1.67. The number of amides is 1. The monoisotopic (exact) mass is 359 g/mol. The number of hydrogen-bond acceptors (Lipinski definition) is 3. The minimum absolute atomic E-state index is 0.00164. The molecule has 0 unspecified atom stereocenters. The van der Waals surface area contributed by atoms with Crippen molar-refractivity contribution in [3.63, 3.8) is 0 Å². The first-order chi connectivity index (χ1) is 11.9. The molecule has 0 bridgehead atoms. The maximum Gasteiger partial charge on any atom is 0.278 e. The summed E-state index contributed by atoms with van der Waals surface area (Å²) in [6.07, 6.45) is 0.945. The van der Waals surface area contributed by atoms with Crippen LogP contribution in [0.3, 0.4) is 0 Å². The minimum Gasteiger partial charge on any atom is -0.497 e. The van der Waals surface area contributed by atoms with Crippen molar-refractivity contribution in [3.8, 4) is 5.75 Å². The normalized spacial score (nSPS) is 17.3. The van der Waals surface area contributed by atoms with Gasteiger partial charge in [-0.3, -0.25) is 4.79 Å². The first-order valence-electron chi connectivity index (χ1n) is 8.73. The van der Waals surface area contributed by atoms with Crippen LogP contribution < -0.4 is 10.1 Å². The van der Waals surface area contributed by atoms with Crippen LogP contribution >= 0.6 is 11.3 Å². The van der Waals surface area contributed by atoms with Gasteiger partial charge < -0.3 is 15.0 Å². The van der Waals surface area contributed by atoms with E-state index in [-0.39, 0.29) is 17.5 Å². The van der Waals surface area contributed by atoms with Crippen LogP contribution in [0, 0.1) is 0 Å². The Kier molecular flexibility index (Phi) is 5.16. The minimum atomic E-state index is 0.00164. The van der Waals surface area contributed by atoms with E-state index in [0.29, 0.717) is 6.54 Å². The van der Waals surface area contributed by atoms with Gasteiger partial charge in [-0.25, -0.2) is 0 Å². The van der Waals surface area contributed by atoms with Gasteiger partial charge in [0, 0.05) is 11.4 Å². The average Bonchev–Trinajstić information content (AvgIpc) is 3.07. The third kappa shape index (κ3) is 4.05. The maximum atomic E-state index is 13.0. The summed E-state index contributed by atoms with van der Waals surface area (Å²) in [6, 6.07) is 10.3. The molecule has 0 aliphatic carbocycles. The largest absolute Gasteiger partial charge is 0.497 e. The van der Waals surface area contributed by atoms with E-state index < -0.39 is 0 Å². The molecule has 1 amide bonds. The van der Waals surface area contributed by atoms with Crippen LogP contribution in [-0.2, 0) is 11.2 Å². The van der Waals surface area contributed by atoms with E-state index in [0.717, 1.165) is 24.3 Å². The van der Waals surface area contributed by atoms with Crippen LogP contribution in [0.1, 0.15) is 42.8 Å². The Morgan fingerprint density at radius 3 is 2.64 bits per heavy atom. The smallest absolute Gasteiger partial charge is 0.278 e. The Labute approximate surface area is 153 Å². The van der Waals surface area contributed by atoms with Gasteiger partial charge in [0.05, 0.1) is 18.7 Å². The molecule has 5 heteroatoms. The zero-order valence-corrected chi connectivity index (χ0v) is 16.2. The van der Waals surface area contributed by atoms with Crippen molar-refractivity contribution < 1.29 is 14.8 Å². The molecule has 2 heterocycles. The van der Waals surface area contributed by atoms with Crippen LogP contribution in [0.25, 0.3) is 0 Å². The van der Waals surface area contributed by atoms with Crippen LogP contribution in [-0.4, -0.2) is 36.5 Å². The second kappa shape index (κ2) is 7.18. The SMILES string of the molecule is COc1ccc([C@@H]2c3ccsc3CCN2C(=O)C[NH2+]C(C)(C)C)cc1. The summed E-state index contributed by atoms with van der Waals surface area (Å²) in [5, 5.41) is 4.25. The lowest BCUT2D eigenvalue weighted by atomic mass is 9.93. The second-order valence-corrected chi connectivity index (χ2v) is 8.59. The Morgan fingerprint density at radius 2 is 2.00 bits per heavy atom. The third-order valence-electron chi connectivity index (χ3n) is 4.61. The summed E-state index contributed by atoms with van der Waals surface area (Å²) in [4.78, 5) is 16.4. The highest BCUT2D eigenvalue weighted by molar-refractivity contribution is 7.10. The molecule has 3 rings (SSSR count). The number of thiophene rings is 1. The van der Waals surface area contributed by atoms with Crippen LogP contribution in [0.4, 0.5) is 0 Å². The summed E-state index contributed by atoms with van der Waals surface area (Å²) in [5.41, 5.74) is 2.46. The fourth-order valence-electron chi connectivity index (χ4n) is 3.24. The van der Waals surface area contributed by atoms with Gasteiger partial charge in [0.1, 0.15) is 5.75 Å². The summed E-state index contributed by atoms with van der Waals surface area (Å²) < 4.78 is 5.28. The van der Waals surface area contributed by atoms with Gasteiger partial charge in [0.25, 0.3) is 5.91 Å². The molecule has 0 saturated carbocycles. The van der Waals surface area contributed by atoms with Gasteiger partial charge in [0.2, 0.25) is 0 Å². The van der Waals surface area contributed by atoms with E-state index in [9.17, 15) is 4.79 Å². The fourth-order valence-corrected chi connectivity index (χ4v) is 4.15. The third-order valence-corrected chi connectivity index (χ3v) is 5.60. The molecule has 1 aliphatic heterocycles. The number of hydrogen-bond donors (Lipinski definition) is 1. The van der Waals surface area contributed by atoms with Crippen molar-refractivity contribution in [2.24, 2.45) is 0 Å². The van der Waals surface area contributed by atoms with E-state index >= 15 is 0 Å². The highest BCUT2D eigenvalue weighted by Gasteiger charge is 2.33. The lowest BCUT2D eigenvalue weighted by Gasteiger charge is -2.36. The molecule has 134 valence electrons. The van der Waals surface area contributed by atoms with Crippen molar-refractivity contribution in [1.82, 2.24) is 4.90 Å². The molecule has 1 atom stereocenters. The number of quaternary nitrogens is 1. The Morgan fingerprint density at radius 1 is 1.28 bits per heavy atom. The van der Waals surface area contributed by atoms with Crippen LogP contribution in [0.15, 0.2) is 35.7 Å². The highest BCUT2D eigenvalue weighted by atomic mass is 32.1. The van der Waals surface area contributed by atoms with Crippen molar-refractivity contribution in [3.05, 3.63) is 51.7 Å². The second-order valence-electron chi connectivity index (χ2n) is 7.59. The van der Waals surface area contributed by atoms with Gasteiger partial charge in [-0.05, 0) is 61.9 Å². The standard InChI is InChI=1S/C20H26N2O2S/c1-20(2,3)21-13-18(23)22-11-9-17-16(10-12-25-17)19(22)14-5-7-15(24-4)8-6-14/h5-8,10,12,19,21H,9,11,13H2,1-4H3/p+1/t19-/m1/s1. The molecule has 0 radical (unpaired) electrons. The average molecular weight is 360 g/mol. The predicted molar refractivity (Wildman–Crippen MR) is 101 cm³/mol. The number of ether oxygens (including phenoxy) is 1. The number of carbonyl (C=O) groups excluding carboxylic acids is 1. The summed E-state index contributed by atoms with van der Waals surface area (Å²) in [5.74, 6) is 1.04. The Balaban J connectivity index is 1.89. The maximum absolute atomic E-state index is 13.0. The van der Waals surface area contributed by atoms with Gasteiger partial charge in [-0.1, -0.05) is 12.1 Å². The molecule has 25 heavy (non-hydrogen) atoms. The van der Waals surface area contributed by atoms with Gasteiger partial charge >= 0.3 is 0 Å². The molecule has 1 aliphatic rings. The number of fused-ring (bicyclic) bond motifs is 1. The van der Waals surface area contributed by atoms with Gasteiger partial charge in [-0.15, -0.1) is 11.3 Å². The molecule has 2 N–H and O–H groups in total. The lowest BCUT2D eigenvalue weighted by Crippen LogP contribution is -2.96. The van der Waals surface area contributed by atoms with E-state index in [4.69, 9.17) is 4.74 Å². The molecule has 1 aromatic carbocycles. The van der Waals surface area contributed by atoms with E-state index in [1.54, 1.807) is 18.4 Å². The van der Waals surface area contributed by atoms with Gasteiger partial charge in [-0.2, -0.15) is 0 Å². The first-order valence-corrected chi connectivity index (χ1v) is 9.61. The predicted octanol–water partition coefficient (Wildman–Crippen LogP) is 2.59. The number of nitrogens with two attached hydrogens (primary N) is 1. The van der Waals surface area contributed by atoms with Crippen LogP contribution in [0.5, 0.6) is 5.75 Å². The van der Waals surface area contributed by atoms with Crippen molar-refractivity contribution in [1.29, 1.82) is 0 Å². The number of rotatable bonds is 4. The molecule has 0 fully saturated rings. The molecule has 2 aromatic rings. The molecule has 0 spiro atoms. The Bertz CT molecular complexity index is 731. The topological polar surface area (TPSA) is 46.1 Å². The Hall–Kier alpha value is -1.85. The lowest BCUT2D eigenvalue weighted by molar-refractivity contribution is -0.707. The number of carbonyl (C=O) groups is 1. The van der Waals surface area contributed by atoms with E-state index in [1.807, 2.05) is 17.0 Å². The first kappa shape index (κ1) is 18.0. The van der Waals surface area contributed by atoms with Crippen molar-refractivity contribution in [2.75, 3.05) is 20.2 Å². The quantitative estimate of drug-likeness (QED) is 0.912. The number of benzene rings is 1. The molecule has 0 saturated heterocycles. The zero-order valence-electron chi connectivity index (χ0n) is 15.4. The van der Waals surface area contributed by atoms with Crippen molar-refractivity contribution in [2.45, 2.75) is 38.8 Å². The fraction of sp³-hybridized carbons (Fsp3) is 0.450. The molecular formula is C20H27N2O2S+. The van der Waals surface area contributed by atoms with Crippen molar-refractivity contribution >= 4 is 17.2 Å². The summed E-state index contributed by atoms with van der Waals surface area (Å²) in [6.45, 7) is 7.66. The zero-order chi connectivity index (χ0) is 18.0. The molecular weight excluding hydrogens is 332 g/mol. The van der Waals surface area contributed by atoms with E-state index in [1.165, 1.54) is 10.4 Å². The molecule has 4 nitrogen and oxygen atoms in total. The highest BCUT2D eigenvalue weighted by Crippen LogP contribution is 2.38.